The maximum Gasteiger partial charge on any atom is 0.264 e. The van der Waals surface area contributed by atoms with Gasteiger partial charge in [-0.05, 0) is 12.1 Å². The summed E-state index contributed by atoms with van der Waals surface area (Å²) in [6, 6.07) is 8.53. The Morgan fingerprint density at radius 3 is 2.59 bits per heavy atom. The zero-order valence-corrected chi connectivity index (χ0v) is 8.90. The molecule has 17 heavy (non-hydrogen) atoms. The monoisotopic (exact) mass is 233 g/mol. The number of piperazine rings is 1. The summed E-state index contributed by atoms with van der Waals surface area (Å²) >= 11 is 0. The predicted octanol–water partition coefficient (Wildman–Crippen LogP) is -1.01. The molecular formula is C11H11N3O3. The summed E-state index contributed by atoms with van der Waals surface area (Å²) < 4.78 is 0. The van der Waals surface area contributed by atoms with Crippen LogP contribution in [0.25, 0.3) is 0 Å². The zero-order chi connectivity index (χ0) is 12.3. The Hall–Kier alpha value is -2.21. The van der Waals surface area contributed by atoms with Gasteiger partial charge in [0.25, 0.3) is 11.8 Å². The lowest BCUT2D eigenvalue weighted by molar-refractivity contribution is -0.134. The highest BCUT2D eigenvalue weighted by atomic mass is 16.2. The molecule has 6 nitrogen and oxygen atoms in total. The van der Waals surface area contributed by atoms with Crippen LogP contribution < -0.4 is 16.0 Å². The van der Waals surface area contributed by atoms with Crippen molar-refractivity contribution in [2.45, 2.75) is 6.17 Å². The van der Waals surface area contributed by atoms with Gasteiger partial charge in [-0.1, -0.05) is 18.2 Å². The van der Waals surface area contributed by atoms with Gasteiger partial charge < -0.3 is 5.32 Å². The van der Waals surface area contributed by atoms with E-state index in [1.165, 1.54) is 0 Å². The lowest BCUT2D eigenvalue weighted by atomic mass is 10.2. The van der Waals surface area contributed by atoms with Crippen molar-refractivity contribution in [2.24, 2.45) is 0 Å². The van der Waals surface area contributed by atoms with E-state index in [1.807, 2.05) is 0 Å². The minimum atomic E-state index is -0.875. The molecule has 1 heterocycles. The lowest BCUT2D eigenvalue weighted by Crippen LogP contribution is -2.62. The Morgan fingerprint density at radius 1 is 1.24 bits per heavy atom. The first-order chi connectivity index (χ1) is 8.16. The van der Waals surface area contributed by atoms with Crippen molar-refractivity contribution in [1.82, 2.24) is 16.0 Å². The van der Waals surface area contributed by atoms with Gasteiger partial charge in [0.2, 0.25) is 5.91 Å². The number of carbonyl (C=O) groups is 3. The molecule has 1 aliphatic rings. The second kappa shape index (κ2) is 4.75. The molecule has 2 rings (SSSR count). The lowest BCUT2D eigenvalue weighted by Gasteiger charge is -2.23. The van der Waals surface area contributed by atoms with Gasteiger partial charge >= 0.3 is 0 Å². The summed E-state index contributed by atoms with van der Waals surface area (Å²) in [5.74, 6) is -1.32. The van der Waals surface area contributed by atoms with E-state index >= 15 is 0 Å². The fourth-order valence-electron chi connectivity index (χ4n) is 1.46. The average Bonchev–Trinajstić information content (AvgIpc) is 2.34. The third-order valence-corrected chi connectivity index (χ3v) is 2.30. The highest BCUT2D eigenvalue weighted by molar-refractivity contribution is 6.04. The molecule has 1 aliphatic heterocycles. The van der Waals surface area contributed by atoms with Crippen LogP contribution in [0.3, 0.4) is 0 Å². The highest BCUT2D eigenvalue weighted by Gasteiger charge is 2.27. The largest absolute Gasteiger partial charge is 0.328 e. The molecule has 88 valence electrons. The number of nitrogens with one attached hydrogen (secondary N) is 3. The summed E-state index contributed by atoms with van der Waals surface area (Å²) in [7, 11) is 0. The number of amides is 3. The van der Waals surface area contributed by atoms with Crippen LogP contribution in [0.15, 0.2) is 30.3 Å². The van der Waals surface area contributed by atoms with E-state index in [1.54, 1.807) is 30.3 Å². The molecule has 1 saturated heterocycles. The van der Waals surface area contributed by atoms with E-state index in [4.69, 9.17) is 0 Å². The molecule has 1 fully saturated rings. The first-order valence-corrected chi connectivity index (χ1v) is 5.10. The van der Waals surface area contributed by atoms with Gasteiger partial charge in [0.15, 0.2) is 6.17 Å². The van der Waals surface area contributed by atoms with Gasteiger partial charge in [-0.2, -0.15) is 0 Å². The SMILES string of the molecule is O=C1CN[C@@H](NC(=O)c2ccccc2)C(=O)N1. The Bertz CT molecular complexity index is 458. The summed E-state index contributed by atoms with van der Waals surface area (Å²) in [5, 5.41) is 7.25. The standard InChI is InChI=1S/C11H11N3O3/c15-8-6-12-9(11(17)13-8)14-10(16)7-4-2-1-3-5-7/h1-5,9,12H,6H2,(H,14,16)(H,13,15,17)/t9-/m0/s1. The van der Waals surface area contributed by atoms with Crippen molar-refractivity contribution in [3.63, 3.8) is 0 Å². The topological polar surface area (TPSA) is 87.3 Å². The number of carbonyl (C=O) groups excluding carboxylic acids is 3. The number of hydrogen-bond acceptors (Lipinski definition) is 4. The zero-order valence-electron chi connectivity index (χ0n) is 8.90. The number of imide groups is 1. The molecule has 0 spiro atoms. The van der Waals surface area contributed by atoms with Crippen molar-refractivity contribution < 1.29 is 14.4 Å². The van der Waals surface area contributed by atoms with Crippen molar-refractivity contribution in [3.8, 4) is 0 Å². The van der Waals surface area contributed by atoms with E-state index in [-0.39, 0.29) is 12.5 Å². The number of rotatable bonds is 2. The van der Waals surface area contributed by atoms with E-state index < -0.39 is 18.0 Å². The Kier molecular flexibility index (Phi) is 3.15. The maximum atomic E-state index is 11.7. The summed E-state index contributed by atoms with van der Waals surface area (Å²) in [4.78, 5) is 34.0. The van der Waals surface area contributed by atoms with Crippen molar-refractivity contribution in [1.29, 1.82) is 0 Å². The molecule has 0 radical (unpaired) electrons. The van der Waals surface area contributed by atoms with Crippen LogP contribution in [-0.2, 0) is 9.59 Å². The van der Waals surface area contributed by atoms with Crippen LogP contribution in [0, 0.1) is 0 Å². The molecule has 0 aliphatic carbocycles. The molecule has 0 aromatic heterocycles. The number of benzene rings is 1. The van der Waals surface area contributed by atoms with Gasteiger partial charge in [-0.3, -0.25) is 25.0 Å². The quantitative estimate of drug-likeness (QED) is 0.571. The maximum absolute atomic E-state index is 11.7. The highest BCUT2D eigenvalue weighted by Crippen LogP contribution is 1.99. The third-order valence-electron chi connectivity index (χ3n) is 2.30. The van der Waals surface area contributed by atoms with Gasteiger partial charge in [-0.25, -0.2) is 0 Å². The molecular weight excluding hydrogens is 222 g/mol. The van der Waals surface area contributed by atoms with Gasteiger partial charge in [0.05, 0.1) is 6.54 Å². The van der Waals surface area contributed by atoms with Gasteiger partial charge in [0, 0.05) is 5.56 Å². The Morgan fingerprint density at radius 2 is 1.94 bits per heavy atom. The van der Waals surface area contributed by atoms with Crippen LogP contribution >= 0.6 is 0 Å². The molecule has 0 saturated carbocycles. The molecule has 3 N–H and O–H groups in total. The first kappa shape index (κ1) is 11.3. The van der Waals surface area contributed by atoms with Crippen LogP contribution in [0.5, 0.6) is 0 Å². The average molecular weight is 233 g/mol. The Labute approximate surface area is 97.4 Å². The van der Waals surface area contributed by atoms with Crippen LogP contribution in [0.1, 0.15) is 10.4 Å². The predicted molar refractivity (Wildman–Crippen MR) is 58.8 cm³/mol. The second-order valence-electron chi connectivity index (χ2n) is 3.57. The second-order valence-corrected chi connectivity index (χ2v) is 3.57. The normalized spacial score (nSPS) is 19.6. The van der Waals surface area contributed by atoms with E-state index in [0.29, 0.717) is 5.56 Å². The summed E-state index contributed by atoms with van der Waals surface area (Å²) in [6.45, 7) is 0.00543. The Balaban J connectivity index is 2.00. The fourth-order valence-corrected chi connectivity index (χ4v) is 1.46. The molecule has 1 aromatic carbocycles. The smallest absolute Gasteiger partial charge is 0.264 e. The van der Waals surface area contributed by atoms with Crippen LogP contribution in [0.2, 0.25) is 0 Å². The van der Waals surface area contributed by atoms with Gasteiger partial charge in [-0.15, -0.1) is 0 Å². The minimum absolute atomic E-state index is 0.00543. The molecule has 6 heteroatoms. The van der Waals surface area contributed by atoms with Crippen molar-refractivity contribution in [2.75, 3.05) is 6.54 Å². The molecule has 0 bridgehead atoms. The number of hydrogen-bond donors (Lipinski definition) is 3. The van der Waals surface area contributed by atoms with E-state index in [0.717, 1.165) is 0 Å². The fraction of sp³-hybridized carbons (Fsp3) is 0.182. The third kappa shape index (κ3) is 2.67. The first-order valence-electron chi connectivity index (χ1n) is 5.10. The van der Waals surface area contributed by atoms with E-state index in [9.17, 15) is 14.4 Å². The summed E-state index contributed by atoms with van der Waals surface area (Å²) in [5.41, 5.74) is 0.457. The van der Waals surface area contributed by atoms with E-state index in [2.05, 4.69) is 16.0 Å². The van der Waals surface area contributed by atoms with Crippen molar-refractivity contribution in [3.05, 3.63) is 35.9 Å². The molecule has 3 amide bonds. The molecule has 0 unspecified atom stereocenters. The van der Waals surface area contributed by atoms with Crippen LogP contribution in [0.4, 0.5) is 0 Å². The molecule has 1 aromatic rings. The van der Waals surface area contributed by atoms with Crippen LogP contribution in [-0.4, -0.2) is 30.4 Å². The minimum Gasteiger partial charge on any atom is -0.328 e. The van der Waals surface area contributed by atoms with Gasteiger partial charge in [0.1, 0.15) is 0 Å². The summed E-state index contributed by atoms with van der Waals surface area (Å²) in [6.07, 6.45) is -0.875. The van der Waals surface area contributed by atoms with Crippen molar-refractivity contribution >= 4 is 17.7 Å². The molecule has 1 atom stereocenters.